The van der Waals surface area contributed by atoms with Gasteiger partial charge in [-0.05, 0) is 24.7 Å². The Balaban J connectivity index is 2.07. The van der Waals surface area contributed by atoms with Crippen molar-refractivity contribution in [2.24, 2.45) is 17.8 Å². The fraction of sp³-hybridized carbons (Fsp3) is 0.600. The molecule has 0 saturated heterocycles. The lowest BCUT2D eigenvalue weighted by atomic mass is 10.0. The van der Waals surface area contributed by atoms with Crippen molar-refractivity contribution < 1.29 is 24.3 Å². The van der Waals surface area contributed by atoms with Gasteiger partial charge in [0, 0.05) is 10.8 Å². The number of aromatic nitrogens is 2. The van der Waals surface area contributed by atoms with Crippen molar-refractivity contribution >= 4 is 46.3 Å². The lowest BCUT2D eigenvalue weighted by Gasteiger charge is -2.28. The summed E-state index contributed by atoms with van der Waals surface area (Å²) >= 11 is 2.48. The number of hydrogen-bond acceptors (Lipinski definition) is 9. The average molecular weight is 565 g/mol. The van der Waals surface area contributed by atoms with Crippen LogP contribution >= 0.6 is 22.7 Å². The number of aliphatic hydroxyl groups is 1. The molecular formula is C25H36N6O5S2. The summed E-state index contributed by atoms with van der Waals surface area (Å²) in [5.41, 5.74) is 0.316. The third kappa shape index (κ3) is 6.75. The molecule has 208 valence electrons. The maximum absolute atomic E-state index is 13.2. The quantitative estimate of drug-likeness (QED) is 0.380. The monoisotopic (exact) mass is 564 g/mol. The van der Waals surface area contributed by atoms with Crippen LogP contribution in [-0.4, -0.2) is 56.9 Å². The van der Waals surface area contributed by atoms with Crippen molar-refractivity contribution in [2.75, 3.05) is 0 Å². The van der Waals surface area contributed by atoms with E-state index in [2.05, 4.69) is 31.2 Å². The second kappa shape index (κ2) is 12.3. The number of rotatable bonds is 4. The highest BCUT2D eigenvalue weighted by Gasteiger charge is 2.34. The summed E-state index contributed by atoms with van der Waals surface area (Å²) in [5.74, 6) is -2.60. The molecule has 11 nitrogen and oxygen atoms in total. The number of carbonyl (C=O) groups excluding carboxylic acids is 4. The molecule has 13 heteroatoms. The first-order valence-corrected chi connectivity index (χ1v) is 14.4. The zero-order chi connectivity index (χ0) is 28.3. The van der Waals surface area contributed by atoms with Crippen LogP contribution in [0.2, 0.25) is 0 Å². The predicted molar refractivity (Wildman–Crippen MR) is 145 cm³/mol. The van der Waals surface area contributed by atoms with Crippen LogP contribution in [0.4, 0.5) is 0 Å². The molecule has 1 aliphatic heterocycles. The van der Waals surface area contributed by atoms with Crippen molar-refractivity contribution in [3.8, 4) is 0 Å². The highest BCUT2D eigenvalue weighted by molar-refractivity contribution is 7.10. The summed E-state index contributed by atoms with van der Waals surface area (Å²) in [5, 5.41) is 25.8. The minimum absolute atomic E-state index is 0.0287. The number of amides is 4. The molecule has 0 saturated carbocycles. The molecule has 2 aromatic heterocycles. The molecule has 4 amide bonds. The van der Waals surface area contributed by atoms with Gasteiger partial charge in [0.05, 0.1) is 18.2 Å². The standard InChI is InChI=1S/C25H36N6O5S2/c1-10(2)16-22(35)31-19(13(7)32)23(36)30-18(12(5)6)25-27-15(9-38-25)21(34)29-17(11(3)4)24-26-14(8-37-24)20(33)28-16/h8-13,16-19,32H,1-7H3,(H,28,33)(H,29,34)(H,30,36)(H,31,35)/t13?,16-,17-,18-,19-/m0/s1. The minimum atomic E-state index is -1.28. The van der Waals surface area contributed by atoms with Gasteiger partial charge in [0.25, 0.3) is 11.8 Å². The molecule has 5 N–H and O–H groups in total. The summed E-state index contributed by atoms with van der Waals surface area (Å²) in [6.07, 6.45) is -1.22. The molecule has 5 atom stereocenters. The van der Waals surface area contributed by atoms with Crippen LogP contribution in [0.1, 0.15) is 91.5 Å². The van der Waals surface area contributed by atoms with Crippen molar-refractivity contribution in [1.29, 1.82) is 0 Å². The number of nitrogens with zero attached hydrogens (tertiary/aromatic N) is 2. The Labute approximate surface area is 230 Å². The van der Waals surface area contributed by atoms with E-state index in [4.69, 9.17) is 0 Å². The molecule has 0 spiro atoms. The molecule has 1 aliphatic rings. The van der Waals surface area contributed by atoms with E-state index < -0.39 is 53.9 Å². The second-order valence-corrected chi connectivity index (χ2v) is 12.3. The largest absolute Gasteiger partial charge is 0.391 e. The van der Waals surface area contributed by atoms with Gasteiger partial charge in [-0.1, -0.05) is 41.5 Å². The molecule has 0 aliphatic carbocycles. The lowest BCUT2D eigenvalue weighted by molar-refractivity contribution is -0.133. The maximum Gasteiger partial charge on any atom is 0.271 e. The van der Waals surface area contributed by atoms with Gasteiger partial charge in [-0.2, -0.15) is 0 Å². The second-order valence-electron chi connectivity index (χ2n) is 10.5. The Bertz CT molecular complexity index is 1170. The van der Waals surface area contributed by atoms with Crippen LogP contribution in [0, 0.1) is 17.8 Å². The number of thiazole rings is 2. The third-order valence-corrected chi connectivity index (χ3v) is 8.11. The van der Waals surface area contributed by atoms with E-state index in [0.717, 1.165) is 0 Å². The molecule has 38 heavy (non-hydrogen) atoms. The lowest BCUT2D eigenvalue weighted by Crippen LogP contribution is -2.58. The van der Waals surface area contributed by atoms with E-state index in [0.29, 0.717) is 10.0 Å². The molecule has 3 heterocycles. The predicted octanol–water partition coefficient (Wildman–Crippen LogP) is 2.17. The van der Waals surface area contributed by atoms with Crippen LogP contribution in [-0.2, 0) is 9.59 Å². The zero-order valence-electron chi connectivity index (χ0n) is 22.6. The fourth-order valence-corrected chi connectivity index (χ4v) is 5.99. The summed E-state index contributed by atoms with van der Waals surface area (Å²) in [6.45, 7) is 12.6. The minimum Gasteiger partial charge on any atom is -0.391 e. The Hall–Kier alpha value is -2.90. The maximum atomic E-state index is 13.2. The third-order valence-electron chi connectivity index (χ3n) is 6.26. The Morgan fingerprint density at radius 3 is 1.42 bits per heavy atom. The number of aliphatic hydroxyl groups excluding tert-OH is 1. The van der Waals surface area contributed by atoms with E-state index in [-0.39, 0.29) is 29.1 Å². The molecule has 0 aromatic carbocycles. The average Bonchev–Trinajstić information content (AvgIpc) is 3.51. The fourth-order valence-electron chi connectivity index (χ4n) is 3.95. The number of hydrogen-bond donors (Lipinski definition) is 5. The molecule has 3 rings (SSSR count). The molecule has 1 unspecified atom stereocenters. The number of nitrogens with one attached hydrogen (secondary N) is 4. The van der Waals surface area contributed by atoms with E-state index >= 15 is 0 Å². The Morgan fingerprint density at radius 1 is 0.632 bits per heavy atom. The highest BCUT2D eigenvalue weighted by Crippen LogP contribution is 2.28. The molecule has 4 bridgehead atoms. The van der Waals surface area contributed by atoms with Crippen molar-refractivity contribution in [3.05, 3.63) is 32.2 Å². The topological polar surface area (TPSA) is 162 Å². The summed E-state index contributed by atoms with van der Waals surface area (Å²) < 4.78 is 0. The van der Waals surface area contributed by atoms with Gasteiger partial charge in [-0.25, -0.2) is 9.97 Å². The van der Waals surface area contributed by atoms with Crippen molar-refractivity contribution in [2.45, 2.75) is 78.7 Å². The summed E-state index contributed by atoms with van der Waals surface area (Å²) in [4.78, 5) is 61.6. The smallest absolute Gasteiger partial charge is 0.271 e. The molecule has 0 radical (unpaired) electrons. The summed E-state index contributed by atoms with van der Waals surface area (Å²) in [6, 6.07) is -3.28. The molecular weight excluding hydrogens is 528 g/mol. The van der Waals surface area contributed by atoms with Gasteiger partial charge in [-0.3, -0.25) is 19.2 Å². The van der Waals surface area contributed by atoms with Crippen molar-refractivity contribution in [3.63, 3.8) is 0 Å². The zero-order valence-corrected chi connectivity index (χ0v) is 24.2. The van der Waals surface area contributed by atoms with Crippen LogP contribution < -0.4 is 21.3 Å². The first-order valence-electron chi connectivity index (χ1n) is 12.6. The van der Waals surface area contributed by atoms with Crippen LogP contribution in [0.25, 0.3) is 0 Å². The van der Waals surface area contributed by atoms with Crippen LogP contribution in [0.3, 0.4) is 0 Å². The normalized spacial score (nSPS) is 24.4. The van der Waals surface area contributed by atoms with Crippen molar-refractivity contribution in [1.82, 2.24) is 31.2 Å². The van der Waals surface area contributed by atoms with Crippen LogP contribution in [0.5, 0.6) is 0 Å². The molecule has 0 fully saturated rings. The first-order chi connectivity index (χ1) is 17.8. The Morgan fingerprint density at radius 2 is 1.00 bits per heavy atom. The van der Waals surface area contributed by atoms with E-state index in [1.54, 1.807) is 24.6 Å². The van der Waals surface area contributed by atoms with E-state index in [1.807, 2.05) is 27.7 Å². The van der Waals surface area contributed by atoms with Crippen LogP contribution in [0.15, 0.2) is 10.8 Å². The number of carbonyl (C=O) groups is 4. The van der Waals surface area contributed by atoms with Gasteiger partial charge in [0.2, 0.25) is 11.8 Å². The van der Waals surface area contributed by atoms with Gasteiger partial charge in [0.15, 0.2) is 0 Å². The van der Waals surface area contributed by atoms with Gasteiger partial charge in [0.1, 0.15) is 33.5 Å². The number of fused-ring (bicyclic) bond motifs is 4. The summed E-state index contributed by atoms with van der Waals surface area (Å²) in [7, 11) is 0. The van der Waals surface area contributed by atoms with Gasteiger partial charge < -0.3 is 26.4 Å². The Kier molecular flexibility index (Phi) is 9.60. The van der Waals surface area contributed by atoms with Gasteiger partial charge >= 0.3 is 0 Å². The SMILES string of the molecule is CC(C)[C@@H]1NC(=O)c2csc(n2)[C@H](C(C)C)NC(=O)c2csc(n2)[C@H](C(C)C)NC(=O)[C@H](C(C)O)NC1=O. The molecule has 2 aromatic rings. The van der Waals surface area contributed by atoms with E-state index in [9.17, 15) is 24.3 Å². The van der Waals surface area contributed by atoms with Gasteiger partial charge in [-0.15, -0.1) is 22.7 Å². The highest BCUT2D eigenvalue weighted by atomic mass is 32.1. The first kappa shape index (κ1) is 29.7. The van der Waals surface area contributed by atoms with E-state index in [1.165, 1.54) is 29.6 Å².